The fourth-order valence-corrected chi connectivity index (χ4v) is 0.909. The Morgan fingerprint density at radius 3 is 2.27 bits per heavy atom. The van der Waals surface area contributed by atoms with Crippen LogP contribution in [0.1, 0.15) is 20.3 Å². The Morgan fingerprint density at radius 1 is 1.27 bits per heavy atom. The summed E-state index contributed by atoms with van der Waals surface area (Å²) in [6.07, 6.45) is 0.303. The molecule has 1 aromatic rings. The molecular formula is C9H14O2. The molecule has 0 aromatic heterocycles. The lowest BCUT2D eigenvalue weighted by atomic mass is 10.0. The van der Waals surface area contributed by atoms with Gasteiger partial charge < -0.3 is 10.2 Å². The van der Waals surface area contributed by atoms with Gasteiger partial charge in [-0.3, -0.25) is 0 Å². The Bertz CT molecular complexity index is 221. The molecule has 0 amide bonds. The summed E-state index contributed by atoms with van der Waals surface area (Å²) in [5.41, 5.74) is 0.544. The zero-order chi connectivity index (χ0) is 8.32. The first-order valence-corrected chi connectivity index (χ1v) is 3.67. The van der Waals surface area contributed by atoms with Crippen LogP contribution in [0.15, 0.2) is 30.3 Å². The highest BCUT2D eigenvalue weighted by Gasteiger charge is 2.21. The molecule has 0 radical (unpaired) electrons. The molecule has 0 fully saturated rings. The topological polar surface area (TPSA) is 40.5 Å². The van der Waals surface area contributed by atoms with Crippen LogP contribution in [0.4, 0.5) is 0 Å². The van der Waals surface area contributed by atoms with E-state index in [1.807, 2.05) is 6.07 Å². The standard InChI is InChI=1S/C9H12O2.H2/c1-2-9(10,11)8-6-4-3-5-7-8;/h3-7,10-11H,2H2,1H3;1H. The van der Waals surface area contributed by atoms with Gasteiger partial charge in [0.1, 0.15) is 0 Å². The molecule has 0 atom stereocenters. The van der Waals surface area contributed by atoms with Crippen LogP contribution >= 0.6 is 0 Å². The number of hydrogen-bond acceptors (Lipinski definition) is 2. The molecule has 0 unspecified atom stereocenters. The van der Waals surface area contributed by atoms with Crippen LogP contribution in [-0.4, -0.2) is 10.2 Å². The van der Waals surface area contributed by atoms with Gasteiger partial charge in [-0.25, -0.2) is 0 Å². The molecular weight excluding hydrogens is 140 g/mol. The summed E-state index contributed by atoms with van der Waals surface area (Å²) in [6, 6.07) is 8.81. The van der Waals surface area contributed by atoms with E-state index in [0.717, 1.165) is 0 Å². The van der Waals surface area contributed by atoms with Gasteiger partial charge in [-0.2, -0.15) is 0 Å². The summed E-state index contributed by atoms with van der Waals surface area (Å²) in [4.78, 5) is 0. The minimum Gasteiger partial charge on any atom is -0.362 e. The maximum atomic E-state index is 9.35. The van der Waals surface area contributed by atoms with Gasteiger partial charge in [-0.05, 0) is 0 Å². The maximum Gasteiger partial charge on any atom is 0.189 e. The maximum absolute atomic E-state index is 9.35. The lowest BCUT2D eigenvalue weighted by Crippen LogP contribution is -2.23. The molecule has 62 valence electrons. The van der Waals surface area contributed by atoms with Crippen molar-refractivity contribution in [2.24, 2.45) is 0 Å². The number of benzene rings is 1. The average Bonchev–Trinajstić information content (AvgIpc) is 2.06. The Hall–Kier alpha value is -0.860. The predicted octanol–water partition coefficient (Wildman–Crippen LogP) is 1.48. The van der Waals surface area contributed by atoms with Gasteiger partial charge >= 0.3 is 0 Å². The van der Waals surface area contributed by atoms with Crippen LogP contribution in [0.2, 0.25) is 0 Å². The first kappa shape index (κ1) is 8.24. The fourth-order valence-electron chi connectivity index (χ4n) is 0.909. The normalized spacial score (nSPS) is 11.5. The van der Waals surface area contributed by atoms with Crippen LogP contribution in [0.3, 0.4) is 0 Å². The van der Waals surface area contributed by atoms with Gasteiger partial charge in [-0.1, -0.05) is 37.3 Å². The Labute approximate surface area is 67.6 Å². The van der Waals surface area contributed by atoms with Gasteiger partial charge in [0.15, 0.2) is 5.79 Å². The monoisotopic (exact) mass is 154 g/mol. The van der Waals surface area contributed by atoms with Gasteiger partial charge in [0.2, 0.25) is 0 Å². The first-order chi connectivity index (χ1) is 5.17. The predicted molar refractivity (Wildman–Crippen MR) is 45.0 cm³/mol. The van der Waals surface area contributed by atoms with E-state index in [2.05, 4.69) is 0 Å². The Kier molecular flexibility index (Phi) is 2.27. The molecule has 2 nitrogen and oxygen atoms in total. The third-order valence-electron chi connectivity index (χ3n) is 1.73. The summed E-state index contributed by atoms with van der Waals surface area (Å²) in [7, 11) is 0. The number of aliphatic hydroxyl groups is 2. The lowest BCUT2D eigenvalue weighted by molar-refractivity contribution is -0.171. The van der Waals surface area contributed by atoms with E-state index in [4.69, 9.17) is 0 Å². The fraction of sp³-hybridized carbons (Fsp3) is 0.333. The number of rotatable bonds is 2. The molecule has 0 aliphatic heterocycles. The van der Waals surface area contributed by atoms with E-state index in [0.29, 0.717) is 12.0 Å². The lowest BCUT2D eigenvalue weighted by Gasteiger charge is -2.19. The van der Waals surface area contributed by atoms with Crippen molar-refractivity contribution >= 4 is 0 Å². The van der Waals surface area contributed by atoms with Crippen molar-refractivity contribution in [1.82, 2.24) is 0 Å². The van der Waals surface area contributed by atoms with E-state index in [1.165, 1.54) is 0 Å². The van der Waals surface area contributed by atoms with E-state index in [1.54, 1.807) is 31.2 Å². The minimum atomic E-state index is -1.67. The molecule has 11 heavy (non-hydrogen) atoms. The minimum absolute atomic E-state index is 0. The molecule has 0 spiro atoms. The summed E-state index contributed by atoms with van der Waals surface area (Å²) < 4.78 is 0. The molecule has 2 N–H and O–H groups in total. The van der Waals surface area contributed by atoms with Crippen molar-refractivity contribution in [3.05, 3.63) is 35.9 Å². The second-order valence-electron chi connectivity index (χ2n) is 2.54. The smallest absolute Gasteiger partial charge is 0.189 e. The quantitative estimate of drug-likeness (QED) is 0.633. The number of hydrogen-bond donors (Lipinski definition) is 2. The molecule has 0 aliphatic rings. The average molecular weight is 154 g/mol. The van der Waals surface area contributed by atoms with E-state index in [9.17, 15) is 10.2 Å². The van der Waals surface area contributed by atoms with Crippen LogP contribution in [0, 0.1) is 0 Å². The molecule has 2 heteroatoms. The van der Waals surface area contributed by atoms with E-state index in [-0.39, 0.29) is 1.43 Å². The van der Waals surface area contributed by atoms with Crippen LogP contribution in [0.5, 0.6) is 0 Å². The molecule has 1 aromatic carbocycles. The molecule has 0 bridgehead atoms. The van der Waals surface area contributed by atoms with E-state index < -0.39 is 5.79 Å². The van der Waals surface area contributed by atoms with Crippen molar-refractivity contribution in [2.45, 2.75) is 19.1 Å². The van der Waals surface area contributed by atoms with Crippen molar-refractivity contribution in [2.75, 3.05) is 0 Å². The van der Waals surface area contributed by atoms with Crippen LogP contribution in [-0.2, 0) is 5.79 Å². The Balaban J connectivity index is 0.00000121. The summed E-state index contributed by atoms with van der Waals surface area (Å²) >= 11 is 0. The third-order valence-corrected chi connectivity index (χ3v) is 1.73. The molecule has 1 rings (SSSR count). The molecule has 0 aliphatic carbocycles. The highest BCUT2D eigenvalue weighted by Crippen LogP contribution is 2.20. The van der Waals surface area contributed by atoms with Gasteiger partial charge in [-0.15, -0.1) is 0 Å². The highest BCUT2D eigenvalue weighted by molar-refractivity contribution is 5.19. The Morgan fingerprint density at radius 2 is 1.82 bits per heavy atom. The second kappa shape index (κ2) is 3.03. The summed E-state index contributed by atoms with van der Waals surface area (Å²) in [5.74, 6) is -1.67. The highest BCUT2D eigenvalue weighted by atomic mass is 16.5. The van der Waals surface area contributed by atoms with Gasteiger partial charge in [0.25, 0.3) is 0 Å². The molecule has 0 saturated carbocycles. The third kappa shape index (κ3) is 1.79. The van der Waals surface area contributed by atoms with Crippen LogP contribution in [0.25, 0.3) is 0 Å². The summed E-state index contributed by atoms with van der Waals surface area (Å²) in [5, 5.41) is 18.7. The van der Waals surface area contributed by atoms with E-state index >= 15 is 0 Å². The molecule has 0 saturated heterocycles. The van der Waals surface area contributed by atoms with Crippen LogP contribution < -0.4 is 0 Å². The zero-order valence-corrected chi connectivity index (χ0v) is 6.49. The van der Waals surface area contributed by atoms with Gasteiger partial charge in [0.05, 0.1) is 0 Å². The molecule has 0 heterocycles. The zero-order valence-electron chi connectivity index (χ0n) is 6.49. The summed E-state index contributed by atoms with van der Waals surface area (Å²) in [6.45, 7) is 1.73. The SMILES string of the molecule is CCC(O)(O)c1ccccc1.[HH]. The first-order valence-electron chi connectivity index (χ1n) is 3.67. The van der Waals surface area contributed by atoms with Crippen molar-refractivity contribution in [3.63, 3.8) is 0 Å². The van der Waals surface area contributed by atoms with Crippen molar-refractivity contribution < 1.29 is 11.6 Å². The van der Waals surface area contributed by atoms with Gasteiger partial charge in [0, 0.05) is 13.4 Å². The second-order valence-corrected chi connectivity index (χ2v) is 2.54. The van der Waals surface area contributed by atoms with Crippen molar-refractivity contribution in [3.8, 4) is 0 Å². The van der Waals surface area contributed by atoms with Crippen molar-refractivity contribution in [1.29, 1.82) is 0 Å². The largest absolute Gasteiger partial charge is 0.362 e.